The highest BCUT2D eigenvalue weighted by Gasteiger charge is 2.47. The number of nitrogens with zero attached hydrogens (tertiary/aromatic N) is 7. The van der Waals surface area contributed by atoms with Crippen LogP contribution in [0.3, 0.4) is 0 Å². The molecule has 0 radical (unpaired) electrons. The van der Waals surface area contributed by atoms with Crippen LogP contribution < -0.4 is 10.1 Å². The molecule has 0 saturated carbocycles. The second-order valence-corrected chi connectivity index (χ2v) is 9.46. The van der Waals surface area contributed by atoms with Crippen molar-refractivity contribution in [2.45, 2.75) is 37.1 Å². The summed E-state index contributed by atoms with van der Waals surface area (Å²) in [5.74, 6) is -5.25. The van der Waals surface area contributed by atoms with Crippen molar-refractivity contribution >= 4 is 22.5 Å². The molecule has 0 bridgehead atoms. The van der Waals surface area contributed by atoms with E-state index in [1.807, 2.05) is 0 Å². The third-order valence-electron chi connectivity index (χ3n) is 6.85. The third kappa shape index (κ3) is 4.71. The molecule has 2 fully saturated rings. The molecule has 208 valence electrons. The smallest absolute Gasteiger partial charge is 0.408 e. The van der Waals surface area contributed by atoms with Gasteiger partial charge in [-0.1, -0.05) is 11.3 Å². The monoisotopic (exact) mass is 559 g/mol. The van der Waals surface area contributed by atoms with Crippen LogP contribution in [0.5, 0.6) is 5.88 Å². The minimum absolute atomic E-state index is 0.00526. The van der Waals surface area contributed by atoms with Crippen molar-refractivity contribution in [2.24, 2.45) is 0 Å². The van der Waals surface area contributed by atoms with Gasteiger partial charge in [0.1, 0.15) is 17.6 Å². The Kier molecular flexibility index (Phi) is 5.25. The predicted octanol–water partition coefficient (Wildman–Crippen LogP) is 3.37. The molecule has 2 aliphatic heterocycles. The Hall–Kier alpha value is -3.66. The van der Waals surface area contributed by atoms with Gasteiger partial charge in [-0.25, -0.2) is 22.4 Å². The lowest BCUT2D eigenvalue weighted by Gasteiger charge is -2.44. The largest absolute Gasteiger partial charge is 0.479 e. The van der Waals surface area contributed by atoms with Crippen molar-refractivity contribution in [2.75, 3.05) is 38.7 Å². The molecule has 10 nitrogen and oxygen atoms in total. The molecular weight excluding hydrogens is 534 g/mol. The molecule has 0 spiro atoms. The Morgan fingerprint density at radius 1 is 1.28 bits per heavy atom. The molecule has 6 rings (SSSR count). The first-order valence-electron chi connectivity index (χ1n) is 13.3. The van der Waals surface area contributed by atoms with Crippen molar-refractivity contribution in [3.8, 4) is 17.0 Å². The van der Waals surface area contributed by atoms with Crippen molar-refractivity contribution < 1.29 is 39.9 Å². The Balaban J connectivity index is 1.39. The summed E-state index contributed by atoms with van der Waals surface area (Å²) in [7, 11) is -3.08. The summed E-state index contributed by atoms with van der Waals surface area (Å²) in [4.78, 5) is 5.64. The van der Waals surface area contributed by atoms with E-state index in [1.165, 1.54) is 18.2 Å². The molecule has 2 saturated heterocycles. The first kappa shape index (κ1) is 22.2. The molecule has 39 heavy (non-hydrogen) atoms. The quantitative estimate of drug-likeness (QED) is 0.360. The zero-order valence-corrected chi connectivity index (χ0v) is 19.9. The summed E-state index contributed by atoms with van der Waals surface area (Å²) < 4.78 is 119. The maximum Gasteiger partial charge on any atom is 0.408 e. The van der Waals surface area contributed by atoms with E-state index < -0.39 is 55.9 Å². The number of benzene rings is 1. The number of halogens is 6. The highest BCUT2D eigenvalue weighted by atomic mass is 19.4. The van der Waals surface area contributed by atoms with Crippen LogP contribution in [0.1, 0.15) is 10.5 Å². The Morgan fingerprint density at radius 3 is 2.79 bits per heavy atom. The lowest BCUT2D eigenvalue weighted by molar-refractivity contribution is -0.142. The third-order valence-corrected chi connectivity index (χ3v) is 6.85. The van der Waals surface area contributed by atoms with Gasteiger partial charge in [0.2, 0.25) is 11.8 Å². The van der Waals surface area contributed by atoms with Crippen LogP contribution in [0, 0.1) is 5.82 Å². The van der Waals surface area contributed by atoms with Gasteiger partial charge in [0.25, 0.3) is 5.92 Å². The van der Waals surface area contributed by atoms with E-state index in [-0.39, 0.29) is 40.1 Å². The van der Waals surface area contributed by atoms with Gasteiger partial charge >= 0.3 is 6.18 Å². The summed E-state index contributed by atoms with van der Waals surface area (Å²) in [6.07, 6.45) is -3.75. The molecule has 1 atom stereocenters. The van der Waals surface area contributed by atoms with Crippen LogP contribution in [-0.2, 0) is 11.3 Å². The van der Waals surface area contributed by atoms with E-state index >= 15 is 13.2 Å². The van der Waals surface area contributed by atoms with Gasteiger partial charge < -0.3 is 14.8 Å². The number of methoxy groups -OCH3 is 1. The fourth-order valence-corrected chi connectivity index (χ4v) is 4.88. The van der Waals surface area contributed by atoms with Crippen LogP contribution in [0.4, 0.5) is 32.3 Å². The van der Waals surface area contributed by atoms with Crippen molar-refractivity contribution in [1.82, 2.24) is 34.5 Å². The number of fused-ring (bicyclic) bond motifs is 2. The highest BCUT2D eigenvalue weighted by molar-refractivity contribution is 5.89. The second-order valence-electron chi connectivity index (χ2n) is 9.46. The predicted molar refractivity (Wildman–Crippen MR) is 125 cm³/mol. The molecule has 0 unspecified atom stereocenters. The number of piperidine rings is 1. The van der Waals surface area contributed by atoms with E-state index in [1.54, 1.807) is 4.90 Å². The number of ether oxygens (including phenoxy) is 2. The first-order chi connectivity index (χ1) is 19.7. The zero-order valence-electron chi connectivity index (χ0n) is 22.9. The molecule has 5 heterocycles. The van der Waals surface area contributed by atoms with Gasteiger partial charge in [0.15, 0.2) is 5.82 Å². The summed E-state index contributed by atoms with van der Waals surface area (Å²) in [5, 5.41) is 13.8. The molecule has 0 amide bonds. The zero-order chi connectivity index (χ0) is 30.0. The highest BCUT2D eigenvalue weighted by Crippen LogP contribution is 2.37. The van der Waals surface area contributed by atoms with Crippen molar-refractivity contribution in [1.29, 1.82) is 0 Å². The summed E-state index contributed by atoms with van der Waals surface area (Å²) in [6.45, 7) is -0.898. The summed E-state index contributed by atoms with van der Waals surface area (Å²) in [5.41, 5.74) is -0.515. The van der Waals surface area contributed by atoms with E-state index in [2.05, 4.69) is 25.7 Å². The van der Waals surface area contributed by atoms with E-state index in [4.69, 9.17) is 13.6 Å². The summed E-state index contributed by atoms with van der Waals surface area (Å²) in [6, 6.07) is 2.36. The van der Waals surface area contributed by atoms with Gasteiger partial charge in [-0.2, -0.15) is 18.2 Å². The number of hydrogen-bond acceptors (Lipinski definition) is 8. The van der Waals surface area contributed by atoms with Crippen molar-refractivity contribution in [3.05, 3.63) is 30.2 Å². The number of rotatable bonds is 6. The van der Waals surface area contributed by atoms with E-state index in [0.29, 0.717) is 24.4 Å². The molecule has 0 aliphatic carbocycles. The molecular formula is C23H22F6N8O2. The number of hydrogen-bond donors (Lipinski definition) is 1. The van der Waals surface area contributed by atoms with Gasteiger partial charge in [-0.05, 0) is 24.1 Å². The van der Waals surface area contributed by atoms with Crippen LogP contribution in [0.15, 0.2) is 24.4 Å². The normalized spacial score (nSPS) is 21.9. The maximum absolute atomic E-state index is 15.4. The SMILES string of the molecule is [2H]C([2H])([2H])Oc1nc(N[C@@H]2CCN(C3COC3)CC2(F)F)nn2cc(F)c(-c3ccc4nnn(CC(F)(F)F)c4c3)c12. The lowest BCUT2D eigenvalue weighted by Crippen LogP contribution is -2.61. The minimum Gasteiger partial charge on any atom is -0.479 e. The summed E-state index contributed by atoms with van der Waals surface area (Å²) >= 11 is 0. The Labute approximate surface area is 220 Å². The second kappa shape index (κ2) is 9.22. The van der Waals surface area contributed by atoms with Gasteiger partial charge in [-0.3, -0.25) is 4.90 Å². The average molecular weight is 559 g/mol. The standard InChI is InChI=1S/C23H22F6N8O2/c1-38-20-19-18(12-2-3-15-16(6-12)37(34-32-15)11-23(27,28)29)14(24)7-36(19)33-21(31-20)30-17-4-5-35(10-22(17,25)26)13-8-39-9-13/h2-3,6-7,13,17H,4-5,8-11H2,1H3,(H,30,33)/t17-/m1/s1/i1D3. The number of aromatic nitrogens is 6. The molecule has 2 aliphatic rings. The number of alkyl halides is 5. The Morgan fingerprint density at radius 2 is 2.10 bits per heavy atom. The number of likely N-dealkylation sites (tertiary alicyclic amines) is 1. The Bertz CT molecular complexity index is 1640. The fraction of sp³-hybridized carbons (Fsp3) is 0.478. The van der Waals surface area contributed by atoms with Gasteiger partial charge in [-0.15, -0.1) is 10.2 Å². The van der Waals surface area contributed by atoms with Gasteiger partial charge in [0.05, 0.1) is 60.3 Å². The first-order valence-corrected chi connectivity index (χ1v) is 11.8. The van der Waals surface area contributed by atoms with E-state index in [9.17, 15) is 13.2 Å². The lowest BCUT2D eigenvalue weighted by atomic mass is 9.98. The number of anilines is 1. The van der Waals surface area contributed by atoms with Crippen LogP contribution >= 0.6 is 0 Å². The van der Waals surface area contributed by atoms with E-state index in [0.717, 1.165) is 10.7 Å². The topological polar surface area (TPSA) is 94.6 Å². The molecule has 1 aromatic carbocycles. The maximum atomic E-state index is 15.4. The average Bonchev–Trinajstić information content (AvgIpc) is 3.37. The van der Waals surface area contributed by atoms with Crippen molar-refractivity contribution in [3.63, 3.8) is 0 Å². The van der Waals surface area contributed by atoms with Crippen LogP contribution in [0.25, 0.3) is 27.7 Å². The van der Waals surface area contributed by atoms with Gasteiger partial charge in [0, 0.05) is 6.54 Å². The fourth-order valence-electron chi connectivity index (χ4n) is 4.88. The molecule has 3 aromatic heterocycles. The number of nitrogens with one attached hydrogen (secondary N) is 1. The minimum atomic E-state index is -4.61. The molecule has 1 N–H and O–H groups in total. The van der Waals surface area contributed by atoms with Crippen LogP contribution in [-0.4, -0.2) is 92.0 Å². The molecule has 4 aromatic rings. The van der Waals surface area contributed by atoms with Crippen LogP contribution in [0.2, 0.25) is 0 Å². The molecule has 16 heteroatoms.